The molecule has 4 aromatic rings. The van der Waals surface area contributed by atoms with E-state index in [0.29, 0.717) is 49.6 Å². The lowest BCUT2D eigenvalue weighted by Gasteiger charge is -2.34. The van der Waals surface area contributed by atoms with Crippen LogP contribution in [0.5, 0.6) is 0 Å². The monoisotopic (exact) mass is 488 g/mol. The van der Waals surface area contributed by atoms with Crippen LogP contribution >= 0.6 is 0 Å². The number of nitro benzene ring substituents is 1. The van der Waals surface area contributed by atoms with Crippen molar-refractivity contribution in [1.82, 2.24) is 9.80 Å². The number of nitro groups is 1. The minimum Gasteiger partial charge on any atom is -0.451 e. The highest BCUT2D eigenvalue weighted by atomic mass is 16.6. The number of nitrogens with one attached hydrogen (secondary N) is 1. The quantitative estimate of drug-likeness (QED) is 0.237. The number of furan rings is 1. The molecule has 0 radical (unpaired) electrons. The number of piperazine rings is 1. The van der Waals surface area contributed by atoms with E-state index in [4.69, 9.17) is 8.83 Å². The molecule has 0 saturated carbocycles. The first-order valence-corrected chi connectivity index (χ1v) is 11.6. The predicted molar refractivity (Wildman–Crippen MR) is 134 cm³/mol. The molecule has 1 aliphatic rings. The van der Waals surface area contributed by atoms with E-state index in [1.54, 1.807) is 35.2 Å². The van der Waals surface area contributed by atoms with Gasteiger partial charge < -0.3 is 19.1 Å². The van der Waals surface area contributed by atoms with Crippen LogP contribution in [0, 0.1) is 10.1 Å². The van der Waals surface area contributed by atoms with Crippen LogP contribution in [-0.2, 0) is 0 Å². The fraction of sp³-hybridized carbons (Fsp3) is 0.231. The number of benzene rings is 2. The Morgan fingerprint density at radius 2 is 1.78 bits per heavy atom. The maximum atomic E-state index is 12.9. The average molecular weight is 489 g/mol. The van der Waals surface area contributed by atoms with Crippen LogP contribution in [-0.4, -0.2) is 59.9 Å². The fourth-order valence-electron chi connectivity index (χ4n) is 4.32. The SMILES string of the molecule is O=C(c1ccc(-c2cccc([N+](=O)[O-])c2)o1)N1CCN(CCNc2cc(=O)oc3ccccc23)CC1. The number of para-hydroxylation sites is 1. The summed E-state index contributed by atoms with van der Waals surface area (Å²) in [5, 5.41) is 15.2. The Balaban J connectivity index is 1.14. The molecule has 10 heteroatoms. The first-order chi connectivity index (χ1) is 17.5. The third kappa shape index (κ3) is 4.98. The number of hydrogen-bond donors (Lipinski definition) is 1. The minimum atomic E-state index is -0.466. The van der Waals surface area contributed by atoms with Gasteiger partial charge in [0.25, 0.3) is 11.6 Å². The average Bonchev–Trinajstić information content (AvgIpc) is 3.39. The summed E-state index contributed by atoms with van der Waals surface area (Å²) in [4.78, 5) is 39.3. The number of carbonyl (C=O) groups is 1. The molecule has 1 fully saturated rings. The topological polar surface area (TPSA) is 122 Å². The van der Waals surface area contributed by atoms with Crippen LogP contribution in [0.3, 0.4) is 0 Å². The van der Waals surface area contributed by atoms with E-state index in [2.05, 4.69) is 10.2 Å². The standard InChI is InChI=1S/C26H24N4O6/c31-25-17-21(20-6-1-2-7-23(20)36-25)27-10-11-28-12-14-29(15-13-28)26(32)24-9-8-22(35-24)18-4-3-5-19(16-18)30(33)34/h1-9,16-17,27H,10-15H2. The Kier molecular flexibility index (Phi) is 6.50. The van der Waals surface area contributed by atoms with Crippen LogP contribution in [0.15, 0.2) is 80.4 Å². The highest BCUT2D eigenvalue weighted by Gasteiger charge is 2.24. The second-order valence-electron chi connectivity index (χ2n) is 8.51. The molecular weight excluding hydrogens is 464 g/mol. The van der Waals surface area contributed by atoms with Crippen LogP contribution in [0.2, 0.25) is 0 Å². The number of carbonyl (C=O) groups excluding carboxylic acids is 1. The van der Waals surface area contributed by atoms with E-state index >= 15 is 0 Å². The molecule has 0 atom stereocenters. The van der Waals surface area contributed by atoms with Gasteiger partial charge in [0.2, 0.25) is 0 Å². The van der Waals surface area contributed by atoms with Gasteiger partial charge in [0.15, 0.2) is 5.76 Å². The largest absolute Gasteiger partial charge is 0.451 e. The number of amides is 1. The molecular formula is C26H24N4O6. The van der Waals surface area contributed by atoms with E-state index < -0.39 is 10.5 Å². The summed E-state index contributed by atoms with van der Waals surface area (Å²) in [5.41, 5.74) is 1.41. The van der Waals surface area contributed by atoms with Crippen molar-refractivity contribution in [3.63, 3.8) is 0 Å². The van der Waals surface area contributed by atoms with Crippen LogP contribution in [0.4, 0.5) is 11.4 Å². The van der Waals surface area contributed by atoms with Gasteiger partial charge in [0.05, 0.1) is 10.6 Å². The zero-order chi connectivity index (χ0) is 25.1. The second kappa shape index (κ2) is 10.0. The molecule has 1 N–H and O–H groups in total. The van der Waals surface area contributed by atoms with Gasteiger partial charge >= 0.3 is 5.63 Å². The van der Waals surface area contributed by atoms with E-state index in [0.717, 1.165) is 17.6 Å². The zero-order valence-electron chi connectivity index (χ0n) is 19.4. The minimum absolute atomic E-state index is 0.0358. The summed E-state index contributed by atoms with van der Waals surface area (Å²) >= 11 is 0. The molecule has 5 rings (SSSR count). The molecule has 1 saturated heterocycles. The van der Waals surface area contributed by atoms with Gasteiger partial charge in [-0.3, -0.25) is 19.8 Å². The van der Waals surface area contributed by atoms with E-state index in [1.807, 2.05) is 18.2 Å². The summed E-state index contributed by atoms with van der Waals surface area (Å²) in [6.07, 6.45) is 0. The van der Waals surface area contributed by atoms with Crippen molar-refractivity contribution in [1.29, 1.82) is 0 Å². The lowest BCUT2D eigenvalue weighted by molar-refractivity contribution is -0.384. The molecule has 10 nitrogen and oxygen atoms in total. The zero-order valence-corrected chi connectivity index (χ0v) is 19.4. The van der Waals surface area contributed by atoms with E-state index in [1.165, 1.54) is 18.2 Å². The van der Waals surface area contributed by atoms with Crippen molar-refractivity contribution < 1.29 is 18.6 Å². The van der Waals surface area contributed by atoms with Crippen molar-refractivity contribution in [3.8, 4) is 11.3 Å². The third-order valence-corrected chi connectivity index (χ3v) is 6.21. The molecule has 3 heterocycles. The van der Waals surface area contributed by atoms with Gasteiger partial charge in [-0.15, -0.1) is 0 Å². The highest BCUT2D eigenvalue weighted by molar-refractivity contribution is 5.92. The van der Waals surface area contributed by atoms with Gasteiger partial charge in [0.1, 0.15) is 11.3 Å². The van der Waals surface area contributed by atoms with Crippen molar-refractivity contribution in [2.45, 2.75) is 0 Å². The Bertz CT molecular complexity index is 1470. The molecule has 0 bridgehead atoms. The number of rotatable bonds is 7. The molecule has 1 aliphatic heterocycles. The van der Waals surface area contributed by atoms with Gasteiger partial charge in [-0.1, -0.05) is 24.3 Å². The van der Waals surface area contributed by atoms with Gasteiger partial charge in [-0.05, 0) is 24.3 Å². The van der Waals surface area contributed by atoms with Crippen LogP contribution in [0.25, 0.3) is 22.3 Å². The third-order valence-electron chi connectivity index (χ3n) is 6.21. The number of anilines is 1. The molecule has 184 valence electrons. The smallest absolute Gasteiger partial charge is 0.338 e. The first kappa shape index (κ1) is 23.3. The molecule has 0 spiro atoms. The number of nitrogens with zero attached hydrogens (tertiary/aromatic N) is 3. The molecule has 2 aromatic carbocycles. The summed E-state index contributed by atoms with van der Waals surface area (Å²) in [7, 11) is 0. The van der Waals surface area contributed by atoms with Gasteiger partial charge in [0, 0.05) is 68.4 Å². The fourth-order valence-corrected chi connectivity index (χ4v) is 4.32. The number of non-ortho nitro benzene ring substituents is 1. The second-order valence-corrected chi connectivity index (χ2v) is 8.51. The number of fused-ring (bicyclic) bond motifs is 1. The Morgan fingerprint density at radius 1 is 0.972 bits per heavy atom. The molecule has 0 unspecified atom stereocenters. The van der Waals surface area contributed by atoms with Crippen LogP contribution < -0.4 is 10.9 Å². The summed E-state index contributed by atoms with van der Waals surface area (Å²) < 4.78 is 11.0. The summed E-state index contributed by atoms with van der Waals surface area (Å²) in [5.74, 6) is 0.419. The highest BCUT2D eigenvalue weighted by Crippen LogP contribution is 2.26. The molecule has 2 aromatic heterocycles. The van der Waals surface area contributed by atoms with Crippen molar-refractivity contribution >= 4 is 28.3 Å². The van der Waals surface area contributed by atoms with Crippen molar-refractivity contribution in [2.75, 3.05) is 44.6 Å². The number of hydrogen-bond acceptors (Lipinski definition) is 8. The summed E-state index contributed by atoms with van der Waals surface area (Å²) in [6, 6.07) is 18.2. The molecule has 36 heavy (non-hydrogen) atoms. The normalized spacial score (nSPS) is 14.2. The Morgan fingerprint density at radius 3 is 2.58 bits per heavy atom. The first-order valence-electron chi connectivity index (χ1n) is 11.6. The maximum absolute atomic E-state index is 12.9. The van der Waals surface area contributed by atoms with E-state index in [-0.39, 0.29) is 17.4 Å². The Labute approximate surface area is 205 Å². The maximum Gasteiger partial charge on any atom is 0.338 e. The van der Waals surface area contributed by atoms with E-state index in [9.17, 15) is 19.7 Å². The van der Waals surface area contributed by atoms with Gasteiger partial charge in [-0.25, -0.2) is 4.79 Å². The lowest BCUT2D eigenvalue weighted by Crippen LogP contribution is -2.49. The molecule has 1 amide bonds. The van der Waals surface area contributed by atoms with Gasteiger partial charge in [-0.2, -0.15) is 0 Å². The molecule has 0 aliphatic carbocycles. The van der Waals surface area contributed by atoms with Crippen molar-refractivity contribution in [3.05, 3.63) is 93.0 Å². The lowest BCUT2D eigenvalue weighted by atomic mass is 10.1. The Hall–Kier alpha value is -4.44. The van der Waals surface area contributed by atoms with Crippen molar-refractivity contribution in [2.24, 2.45) is 0 Å². The predicted octanol–water partition coefficient (Wildman–Crippen LogP) is 3.83. The van der Waals surface area contributed by atoms with Crippen LogP contribution in [0.1, 0.15) is 10.6 Å². The summed E-state index contributed by atoms with van der Waals surface area (Å²) in [6.45, 7) is 3.95.